The van der Waals surface area contributed by atoms with Gasteiger partial charge in [0.2, 0.25) is 0 Å². The molecule has 0 N–H and O–H groups in total. The monoisotopic (exact) mass is 909 g/mol. The van der Waals surface area contributed by atoms with Crippen LogP contribution in [-0.4, -0.2) is 0 Å². The third kappa shape index (κ3) is 5.32. The number of anilines is 3. The van der Waals surface area contributed by atoms with E-state index in [2.05, 4.69) is 266 Å². The van der Waals surface area contributed by atoms with Gasteiger partial charge in [0.05, 0.1) is 16.8 Å². The second-order valence-corrected chi connectivity index (χ2v) is 19.8. The highest BCUT2D eigenvalue weighted by Crippen LogP contribution is 2.64. The molecule has 0 fully saturated rings. The van der Waals surface area contributed by atoms with Crippen molar-refractivity contribution >= 4 is 92.5 Å². The van der Waals surface area contributed by atoms with E-state index in [0.717, 1.165) is 17.1 Å². The van der Waals surface area contributed by atoms with Gasteiger partial charge in [-0.3, -0.25) is 0 Å². The number of hydrogen-bond acceptors (Lipinski definition) is 1. The van der Waals surface area contributed by atoms with Crippen molar-refractivity contribution in [1.29, 1.82) is 0 Å². The van der Waals surface area contributed by atoms with Crippen LogP contribution in [0.25, 0.3) is 109 Å². The van der Waals surface area contributed by atoms with E-state index in [-0.39, 0.29) is 0 Å². The maximum absolute atomic E-state index is 2.62. The van der Waals surface area contributed by atoms with Gasteiger partial charge >= 0.3 is 0 Å². The highest BCUT2D eigenvalue weighted by Gasteiger charge is 2.52. The van der Waals surface area contributed by atoms with E-state index in [0.29, 0.717) is 0 Å². The fraction of sp³-hybridized carbons (Fsp3) is 0.0141. The van der Waals surface area contributed by atoms with Crippen LogP contribution >= 0.6 is 0 Å². The molecule has 14 aromatic rings. The van der Waals surface area contributed by atoms with Crippen molar-refractivity contribution in [3.05, 3.63) is 283 Å². The van der Waals surface area contributed by atoms with Crippen molar-refractivity contribution in [3.63, 3.8) is 0 Å². The number of fused-ring (bicyclic) bond motifs is 22. The molecule has 1 spiro atoms. The third-order valence-corrected chi connectivity index (χ3v) is 16.4. The van der Waals surface area contributed by atoms with Crippen LogP contribution in [0.15, 0.2) is 261 Å². The van der Waals surface area contributed by atoms with E-state index in [1.54, 1.807) is 0 Å². The number of nitrogens with zero attached hydrogens (tertiary/aromatic N) is 1. The van der Waals surface area contributed by atoms with Gasteiger partial charge in [0.25, 0.3) is 0 Å². The molecule has 1 heteroatoms. The first-order valence-corrected chi connectivity index (χ1v) is 25.2. The van der Waals surface area contributed by atoms with Crippen LogP contribution in [0, 0.1) is 0 Å². The minimum Gasteiger partial charge on any atom is -0.309 e. The lowest BCUT2D eigenvalue weighted by molar-refractivity contribution is 0.794. The molecule has 14 aromatic carbocycles. The topological polar surface area (TPSA) is 3.24 Å². The highest BCUT2D eigenvalue weighted by atomic mass is 15.1. The molecule has 16 rings (SSSR count). The van der Waals surface area contributed by atoms with Crippen LogP contribution in [0.3, 0.4) is 0 Å². The Morgan fingerprint density at radius 3 is 1.29 bits per heavy atom. The van der Waals surface area contributed by atoms with E-state index in [4.69, 9.17) is 0 Å². The summed E-state index contributed by atoms with van der Waals surface area (Å²) in [5, 5.41) is 17.4. The number of benzene rings is 14. The van der Waals surface area contributed by atoms with Crippen LogP contribution in [0.4, 0.5) is 17.1 Å². The Labute approximate surface area is 417 Å². The molecule has 2 aliphatic rings. The Hall–Kier alpha value is -9.30. The summed E-state index contributed by atoms with van der Waals surface area (Å²) in [7, 11) is 0. The van der Waals surface area contributed by atoms with E-state index in [1.807, 2.05) is 0 Å². The van der Waals surface area contributed by atoms with Crippen molar-refractivity contribution in [3.8, 4) is 33.4 Å². The van der Waals surface area contributed by atoms with Gasteiger partial charge in [-0.1, -0.05) is 224 Å². The van der Waals surface area contributed by atoms with Crippen LogP contribution < -0.4 is 4.90 Å². The third-order valence-electron chi connectivity index (χ3n) is 16.4. The molecule has 1 nitrogen and oxygen atoms in total. The number of rotatable bonds is 4. The molecule has 2 aliphatic carbocycles. The normalized spacial score (nSPS) is 13.1. The van der Waals surface area contributed by atoms with Gasteiger partial charge in [-0.15, -0.1) is 0 Å². The Kier molecular flexibility index (Phi) is 8.16. The lowest BCUT2D eigenvalue weighted by atomic mass is 9.70. The average Bonchev–Trinajstić information content (AvgIpc) is 3.92. The lowest BCUT2D eigenvalue weighted by Crippen LogP contribution is -2.26. The average molecular weight is 910 g/mol. The van der Waals surface area contributed by atoms with Crippen LogP contribution in [0.1, 0.15) is 22.3 Å². The zero-order chi connectivity index (χ0) is 47.1. The van der Waals surface area contributed by atoms with E-state index in [1.165, 1.54) is 131 Å². The summed E-state index contributed by atoms with van der Waals surface area (Å²) in [5.74, 6) is 0. The molecule has 72 heavy (non-hydrogen) atoms. The quantitative estimate of drug-likeness (QED) is 0.159. The van der Waals surface area contributed by atoms with Crippen LogP contribution in [0.2, 0.25) is 0 Å². The molecule has 0 heterocycles. The lowest BCUT2D eigenvalue weighted by Gasteiger charge is -2.34. The van der Waals surface area contributed by atoms with E-state index < -0.39 is 5.41 Å². The van der Waals surface area contributed by atoms with Crippen LogP contribution in [0.5, 0.6) is 0 Å². The minimum absolute atomic E-state index is 0.540. The Morgan fingerprint density at radius 2 is 0.667 bits per heavy atom. The molecule has 0 aromatic heterocycles. The van der Waals surface area contributed by atoms with Crippen molar-refractivity contribution in [2.75, 3.05) is 4.90 Å². The van der Waals surface area contributed by atoms with Crippen LogP contribution in [-0.2, 0) is 5.41 Å². The first kappa shape index (κ1) is 39.5. The molecule has 0 radical (unpaired) electrons. The summed E-state index contributed by atoms with van der Waals surface area (Å²) in [6.07, 6.45) is 0. The Balaban J connectivity index is 1.09. The fourth-order valence-electron chi connectivity index (χ4n) is 13.4. The molecular formula is C71H43N. The van der Waals surface area contributed by atoms with Gasteiger partial charge in [-0.05, 0) is 156 Å². The zero-order valence-corrected chi connectivity index (χ0v) is 39.3. The largest absolute Gasteiger partial charge is 0.309 e. The van der Waals surface area contributed by atoms with Gasteiger partial charge in [0.1, 0.15) is 0 Å². The van der Waals surface area contributed by atoms with Crippen molar-refractivity contribution < 1.29 is 0 Å². The molecule has 0 amide bonds. The zero-order valence-electron chi connectivity index (χ0n) is 39.3. The van der Waals surface area contributed by atoms with E-state index >= 15 is 0 Å². The van der Waals surface area contributed by atoms with Crippen molar-refractivity contribution in [1.82, 2.24) is 0 Å². The number of hydrogen-bond donors (Lipinski definition) is 0. The smallest absolute Gasteiger partial charge is 0.0726 e. The second-order valence-electron chi connectivity index (χ2n) is 19.8. The molecular weight excluding hydrogens is 867 g/mol. The SMILES string of the molecule is c1ccc2c(c1)-c1ccccc1C21c2ccccc2-c2cc(-c3ccc4ccc5ccccc5c4c3)c(N(c3ccc4c5ccccc5c5ccccc5c4c3)c3cc4ccccc4c4ccccc34)cc21. The molecule has 0 bridgehead atoms. The molecule has 0 saturated heterocycles. The summed E-state index contributed by atoms with van der Waals surface area (Å²) >= 11 is 0. The molecule has 0 unspecified atom stereocenters. The molecule has 0 saturated carbocycles. The summed E-state index contributed by atoms with van der Waals surface area (Å²) in [5.41, 5.74) is 15.6. The van der Waals surface area contributed by atoms with Gasteiger partial charge in [0, 0.05) is 16.6 Å². The standard InChI is InChI=1S/C71H43N/c1-3-19-49-44(17-1)33-34-45-35-36-47(39-61(45)49)62-42-64-59-28-13-16-32-67(59)71(65-30-14-11-26-57(65)58-27-12-15-31-66(58)71)68(64)43-70(62)72(69-40-46-18-2-4-20-50(46)51-21-9-10-29-60(51)69)48-37-38-56-54-24-6-5-22-52(54)53-23-7-8-25-55(53)63(56)41-48/h1-43H. The predicted molar refractivity (Wildman–Crippen MR) is 305 cm³/mol. The summed E-state index contributed by atoms with van der Waals surface area (Å²) in [6.45, 7) is 0. The fourth-order valence-corrected chi connectivity index (χ4v) is 13.4. The summed E-state index contributed by atoms with van der Waals surface area (Å²) in [4.78, 5) is 2.62. The molecule has 0 atom stereocenters. The maximum atomic E-state index is 2.62. The Bertz CT molecular complexity index is 4570. The first-order valence-electron chi connectivity index (χ1n) is 25.2. The molecule has 0 aliphatic heterocycles. The highest BCUT2D eigenvalue weighted by molar-refractivity contribution is 6.26. The Morgan fingerprint density at radius 1 is 0.222 bits per heavy atom. The van der Waals surface area contributed by atoms with Gasteiger partial charge in [0.15, 0.2) is 0 Å². The maximum Gasteiger partial charge on any atom is 0.0726 e. The predicted octanol–water partition coefficient (Wildman–Crippen LogP) is 19.2. The van der Waals surface area contributed by atoms with Gasteiger partial charge < -0.3 is 4.90 Å². The van der Waals surface area contributed by atoms with E-state index in [9.17, 15) is 0 Å². The first-order chi connectivity index (χ1) is 35.7. The summed E-state index contributed by atoms with van der Waals surface area (Å²) in [6, 6.07) is 98.6. The van der Waals surface area contributed by atoms with Crippen molar-refractivity contribution in [2.24, 2.45) is 0 Å². The van der Waals surface area contributed by atoms with Gasteiger partial charge in [-0.25, -0.2) is 0 Å². The minimum atomic E-state index is -0.540. The van der Waals surface area contributed by atoms with Gasteiger partial charge in [-0.2, -0.15) is 0 Å². The summed E-state index contributed by atoms with van der Waals surface area (Å²) < 4.78 is 0. The second kappa shape index (κ2) is 14.9. The molecule has 332 valence electrons. The van der Waals surface area contributed by atoms with Crippen molar-refractivity contribution in [2.45, 2.75) is 5.41 Å².